The van der Waals surface area contributed by atoms with Gasteiger partial charge >= 0.3 is 0 Å². The summed E-state index contributed by atoms with van der Waals surface area (Å²) >= 11 is 0. The molecule has 0 aliphatic rings. The second-order valence-electron chi connectivity index (χ2n) is 22.1. The zero-order valence-electron chi connectivity index (χ0n) is 45.0. The molecule has 0 unspecified atom stereocenters. The third kappa shape index (κ3) is 6.77. The molecule has 13 aromatic carbocycles. The predicted molar refractivity (Wildman–Crippen MR) is 349 cm³/mol. The Hall–Kier alpha value is -11.1. The van der Waals surface area contributed by atoms with E-state index in [1.54, 1.807) is 0 Å². The summed E-state index contributed by atoms with van der Waals surface area (Å²) in [5, 5.41) is 12.3. The molecule has 83 heavy (non-hydrogen) atoms. The van der Waals surface area contributed by atoms with Gasteiger partial charge in [-0.15, -0.1) is 0 Å². The zero-order chi connectivity index (χ0) is 54.3. The van der Waals surface area contributed by atoms with E-state index in [1.807, 2.05) is 0 Å². The van der Waals surface area contributed by atoms with Gasteiger partial charge in [-0.05, 0) is 168 Å². The van der Waals surface area contributed by atoms with Gasteiger partial charge in [0.2, 0.25) is 0 Å². The number of aromatic nitrogens is 5. The van der Waals surface area contributed by atoms with Crippen LogP contribution in [0.25, 0.3) is 160 Å². The molecule has 0 aliphatic carbocycles. The maximum Gasteiger partial charge on any atom is 0.0542 e. The van der Waals surface area contributed by atoms with E-state index < -0.39 is 0 Å². The Morgan fingerprint density at radius 3 is 0.614 bits per heavy atom. The Balaban J connectivity index is 0.785. The van der Waals surface area contributed by atoms with E-state index in [-0.39, 0.29) is 0 Å². The highest BCUT2D eigenvalue weighted by atomic mass is 15.0. The van der Waals surface area contributed by atoms with Crippen molar-refractivity contribution in [1.29, 1.82) is 0 Å². The number of rotatable bonds is 7. The van der Waals surface area contributed by atoms with Crippen LogP contribution in [0.4, 0.5) is 0 Å². The number of fused-ring (bicyclic) bond motifs is 15. The van der Waals surface area contributed by atoms with Crippen LogP contribution in [-0.4, -0.2) is 22.8 Å². The molecule has 0 radical (unpaired) electrons. The van der Waals surface area contributed by atoms with Crippen LogP contribution in [-0.2, 0) is 0 Å². The molecule has 0 spiro atoms. The SMILES string of the molecule is c1ccc(-n2c3ccccc3c3cc(-c4ccc5c(c4)c4ccccc4n5-c4ccc5c(c4)c4cc(-n6c7ccccc7c7cc(-c8ccc9c(c8)c8ccccc8n9-c8ccccc8)ccc76)ccc4n5-c4ccccc4)ccc32)cc1. The first-order valence-electron chi connectivity index (χ1n) is 28.6. The van der Waals surface area contributed by atoms with Crippen molar-refractivity contribution in [2.24, 2.45) is 0 Å². The lowest BCUT2D eigenvalue weighted by Crippen LogP contribution is -1.96. The van der Waals surface area contributed by atoms with E-state index >= 15 is 0 Å². The quantitative estimate of drug-likeness (QED) is 0.152. The fraction of sp³-hybridized carbons (Fsp3) is 0. The highest BCUT2D eigenvalue weighted by Crippen LogP contribution is 2.43. The summed E-state index contributed by atoms with van der Waals surface area (Å²) in [6.07, 6.45) is 0. The molecule has 5 heteroatoms. The molecule has 386 valence electrons. The largest absolute Gasteiger partial charge is 0.309 e. The van der Waals surface area contributed by atoms with Gasteiger partial charge in [0.15, 0.2) is 0 Å². The predicted octanol–water partition coefficient (Wildman–Crippen LogP) is 20.5. The van der Waals surface area contributed by atoms with E-state index in [1.165, 1.54) is 120 Å². The van der Waals surface area contributed by atoms with Crippen molar-refractivity contribution in [1.82, 2.24) is 22.8 Å². The molecular formula is C78H49N5. The summed E-state index contributed by atoms with van der Waals surface area (Å²) in [5.74, 6) is 0. The van der Waals surface area contributed by atoms with Gasteiger partial charge in [-0.2, -0.15) is 0 Å². The van der Waals surface area contributed by atoms with Gasteiger partial charge in [-0.3, -0.25) is 0 Å². The van der Waals surface area contributed by atoms with Crippen molar-refractivity contribution in [2.75, 3.05) is 0 Å². The highest BCUT2D eigenvalue weighted by Gasteiger charge is 2.22. The Labute approximate surface area is 477 Å². The summed E-state index contributed by atoms with van der Waals surface area (Å²) in [4.78, 5) is 0. The molecule has 5 aromatic heterocycles. The molecule has 18 aromatic rings. The minimum absolute atomic E-state index is 1.12. The third-order valence-corrected chi connectivity index (χ3v) is 17.6. The van der Waals surface area contributed by atoms with Gasteiger partial charge in [0.25, 0.3) is 0 Å². The second-order valence-corrected chi connectivity index (χ2v) is 22.1. The van der Waals surface area contributed by atoms with E-state index in [0.29, 0.717) is 0 Å². The lowest BCUT2D eigenvalue weighted by Gasteiger charge is -2.11. The summed E-state index contributed by atoms with van der Waals surface area (Å²) in [6, 6.07) is 110. The van der Waals surface area contributed by atoms with Crippen LogP contribution in [0.1, 0.15) is 0 Å². The van der Waals surface area contributed by atoms with Crippen LogP contribution in [0.5, 0.6) is 0 Å². The maximum atomic E-state index is 2.46. The van der Waals surface area contributed by atoms with Crippen molar-refractivity contribution in [3.05, 3.63) is 297 Å². The first kappa shape index (κ1) is 45.7. The summed E-state index contributed by atoms with van der Waals surface area (Å²) in [5.41, 5.74) is 22.3. The van der Waals surface area contributed by atoms with Crippen LogP contribution in [0, 0.1) is 0 Å². The smallest absolute Gasteiger partial charge is 0.0542 e. The highest BCUT2D eigenvalue weighted by molar-refractivity contribution is 6.16. The van der Waals surface area contributed by atoms with Gasteiger partial charge < -0.3 is 22.8 Å². The lowest BCUT2D eigenvalue weighted by atomic mass is 10.0. The van der Waals surface area contributed by atoms with Crippen LogP contribution >= 0.6 is 0 Å². The van der Waals surface area contributed by atoms with E-state index in [9.17, 15) is 0 Å². The molecule has 0 saturated carbocycles. The fourth-order valence-electron chi connectivity index (χ4n) is 14.0. The van der Waals surface area contributed by atoms with E-state index in [0.717, 1.165) is 39.5 Å². The molecule has 0 saturated heterocycles. The normalized spacial score (nSPS) is 12.1. The number of nitrogens with zero attached hydrogens (tertiary/aromatic N) is 5. The van der Waals surface area contributed by atoms with Crippen molar-refractivity contribution >= 4 is 109 Å². The number of hydrogen-bond acceptors (Lipinski definition) is 0. The Kier molecular flexibility index (Phi) is 9.73. The Morgan fingerprint density at radius 1 is 0.133 bits per heavy atom. The average Bonchev–Trinajstić information content (AvgIpc) is 3.12. The topological polar surface area (TPSA) is 24.6 Å². The van der Waals surface area contributed by atoms with Crippen LogP contribution in [0.15, 0.2) is 297 Å². The van der Waals surface area contributed by atoms with Crippen molar-refractivity contribution in [2.45, 2.75) is 0 Å². The summed E-state index contributed by atoms with van der Waals surface area (Å²) in [7, 11) is 0. The summed E-state index contributed by atoms with van der Waals surface area (Å²) in [6.45, 7) is 0. The van der Waals surface area contributed by atoms with Crippen LogP contribution in [0.3, 0.4) is 0 Å². The van der Waals surface area contributed by atoms with Crippen molar-refractivity contribution < 1.29 is 0 Å². The van der Waals surface area contributed by atoms with Gasteiger partial charge in [0.1, 0.15) is 0 Å². The second kappa shape index (κ2) is 17.7. The van der Waals surface area contributed by atoms with Gasteiger partial charge in [0.05, 0.1) is 55.2 Å². The first-order valence-corrected chi connectivity index (χ1v) is 28.6. The Bertz CT molecular complexity index is 5340. The standard InChI is InChI=1S/C78H49N5/c1-4-18-54(19-5-1)79-69-28-14-10-24-59(69)63-44-50(32-38-73(63)79)52-34-40-75-65(46-52)61-26-12-16-30-71(61)82(75)57-36-42-77-67(48-57)68-49-58(37-43-78(68)81(77)56-22-8-3-9-23-56)83-72-31-17-13-27-62(72)66-47-53(35-41-76(66)83)51-33-39-74-64(45-51)60-25-11-15-29-70(60)80(74)55-20-6-2-7-21-55/h1-49H. The minimum Gasteiger partial charge on any atom is -0.309 e. The molecule has 0 amide bonds. The molecule has 0 N–H and O–H groups in total. The van der Waals surface area contributed by atoms with E-state index in [4.69, 9.17) is 0 Å². The number of para-hydroxylation sites is 7. The molecule has 5 nitrogen and oxygen atoms in total. The molecule has 0 aliphatic heterocycles. The van der Waals surface area contributed by atoms with Gasteiger partial charge in [-0.25, -0.2) is 0 Å². The van der Waals surface area contributed by atoms with Gasteiger partial charge in [0, 0.05) is 82.3 Å². The molecule has 18 rings (SSSR count). The van der Waals surface area contributed by atoms with Crippen LogP contribution in [0.2, 0.25) is 0 Å². The molecule has 0 atom stereocenters. The fourth-order valence-corrected chi connectivity index (χ4v) is 14.0. The number of benzene rings is 13. The van der Waals surface area contributed by atoms with Crippen LogP contribution < -0.4 is 0 Å². The lowest BCUT2D eigenvalue weighted by molar-refractivity contribution is 1.16. The number of hydrogen-bond donors (Lipinski definition) is 0. The molecule has 0 bridgehead atoms. The Morgan fingerprint density at radius 2 is 0.337 bits per heavy atom. The molecular weight excluding hydrogens is 1010 g/mol. The van der Waals surface area contributed by atoms with Gasteiger partial charge in [-0.1, -0.05) is 152 Å². The third-order valence-electron chi connectivity index (χ3n) is 17.6. The first-order chi connectivity index (χ1) is 41.2. The minimum atomic E-state index is 1.12. The van der Waals surface area contributed by atoms with E-state index in [2.05, 4.69) is 320 Å². The molecule has 0 fully saturated rings. The summed E-state index contributed by atoms with van der Waals surface area (Å²) < 4.78 is 12.1. The monoisotopic (exact) mass is 1060 g/mol. The van der Waals surface area contributed by atoms with Crippen molar-refractivity contribution in [3.63, 3.8) is 0 Å². The maximum absolute atomic E-state index is 2.46. The van der Waals surface area contributed by atoms with Crippen molar-refractivity contribution in [3.8, 4) is 50.7 Å². The average molecular weight is 1060 g/mol. The molecule has 5 heterocycles. The zero-order valence-corrected chi connectivity index (χ0v) is 45.0.